The summed E-state index contributed by atoms with van der Waals surface area (Å²) in [7, 11) is -4.22. The van der Waals surface area contributed by atoms with Gasteiger partial charge in [-0.15, -0.1) is 0 Å². The van der Waals surface area contributed by atoms with Crippen LogP contribution in [0.3, 0.4) is 0 Å². The van der Waals surface area contributed by atoms with Crippen LogP contribution in [0.15, 0.2) is 101 Å². The number of rotatable bonds is 14. The van der Waals surface area contributed by atoms with Crippen molar-refractivity contribution in [3.05, 3.63) is 103 Å². The van der Waals surface area contributed by atoms with Gasteiger partial charge >= 0.3 is 17.3 Å². The van der Waals surface area contributed by atoms with E-state index in [0.717, 1.165) is 45.6 Å². The van der Waals surface area contributed by atoms with Gasteiger partial charge in [0.1, 0.15) is 11.5 Å². The number of nitrogens with zero attached hydrogens (tertiary/aromatic N) is 2. The highest BCUT2D eigenvalue weighted by atomic mass is 32.2. The summed E-state index contributed by atoms with van der Waals surface area (Å²) in [6, 6.07) is 31.8. The summed E-state index contributed by atoms with van der Waals surface area (Å²) in [5, 5.41) is 0. The van der Waals surface area contributed by atoms with E-state index in [4.69, 9.17) is 13.3 Å². The van der Waals surface area contributed by atoms with Crippen LogP contribution in [0.4, 0.5) is 5.69 Å². The van der Waals surface area contributed by atoms with Crippen molar-refractivity contribution in [3.8, 4) is 28.0 Å². The molecule has 0 aliphatic carbocycles. The van der Waals surface area contributed by atoms with Gasteiger partial charge in [0.25, 0.3) is 15.6 Å². The van der Waals surface area contributed by atoms with Gasteiger partial charge in [-0.3, -0.25) is 13.3 Å². The fourth-order valence-corrected chi connectivity index (χ4v) is 6.77. The van der Waals surface area contributed by atoms with Crippen LogP contribution in [0.1, 0.15) is 25.7 Å². The highest BCUT2D eigenvalue weighted by Crippen LogP contribution is 2.42. The zero-order valence-corrected chi connectivity index (χ0v) is 27.5. The molecule has 47 heavy (non-hydrogen) atoms. The Morgan fingerprint density at radius 3 is 2.23 bits per heavy atom. The third-order valence-corrected chi connectivity index (χ3v) is 9.60. The number of aromatic nitrogens is 1. The van der Waals surface area contributed by atoms with Gasteiger partial charge in [0.2, 0.25) is 5.58 Å². The molecule has 6 rings (SSSR count). The molecule has 4 aromatic carbocycles. The summed E-state index contributed by atoms with van der Waals surface area (Å²) in [5.74, 6) is 0.934. The second-order valence-electron chi connectivity index (χ2n) is 11.5. The summed E-state index contributed by atoms with van der Waals surface area (Å²) >= 11 is -2.38. The number of benzene rings is 4. The maximum Gasteiger partial charge on any atom is 0.348 e. The standard InChI is InChI=1S/C35H36N2O8S2/c1-2-25(21-34-36(17-19-43-46(38)39)30-23-28(13-15-32(30)44-34)26-9-5-3-6-10-26)22-35-37(18-20-47(40,41)42)31-24-29(14-16-33(31)45-35)27-11-7-4-8-12-27/h3-16,23-25,34H,2,17-22H2,1H3,(H-,38,39,40,41,42)/p+1. The minimum Gasteiger partial charge on any atom is -0.468 e. The first-order chi connectivity index (χ1) is 22.7. The molecule has 0 radical (unpaired) electrons. The summed E-state index contributed by atoms with van der Waals surface area (Å²) < 4.78 is 73.3. The van der Waals surface area contributed by atoms with E-state index in [2.05, 4.69) is 17.9 Å². The highest BCUT2D eigenvalue weighted by molar-refractivity contribution is 7.85. The molecule has 246 valence electrons. The van der Waals surface area contributed by atoms with Crippen LogP contribution in [0.25, 0.3) is 33.4 Å². The molecule has 10 nitrogen and oxygen atoms in total. The molecule has 0 fully saturated rings. The number of oxazole rings is 1. The van der Waals surface area contributed by atoms with Crippen LogP contribution in [-0.4, -0.2) is 46.9 Å². The van der Waals surface area contributed by atoms with Crippen molar-refractivity contribution in [2.24, 2.45) is 5.92 Å². The fraction of sp³-hybridized carbons (Fsp3) is 0.286. The van der Waals surface area contributed by atoms with Crippen molar-refractivity contribution in [1.82, 2.24) is 0 Å². The van der Waals surface area contributed by atoms with Crippen molar-refractivity contribution in [2.45, 2.75) is 39.0 Å². The average Bonchev–Trinajstić information content (AvgIpc) is 3.59. The predicted molar refractivity (Wildman–Crippen MR) is 181 cm³/mol. The first-order valence-corrected chi connectivity index (χ1v) is 18.2. The van der Waals surface area contributed by atoms with Gasteiger partial charge in [0.15, 0.2) is 12.8 Å². The molecule has 2 heterocycles. The molecule has 0 amide bonds. The molecule has 0 saturated carbocycles. The lowest BCUT2D eigenvalue weighted by molar-refractivity contribution is -0.680. The van der Waals surface area contributed by atoms with E-state index in [1.165, 1.54) is 0 Å². The Morgan fingerprint density at radius 1 is 0.936 bits per heavy atom. The lowest BCUT2D eigenvalue weighted by atomic mass is 9.96. The number of fused-ring (bicyclic) bond motifs is 2. The van der Waals surface area contributed by atoms with Gasteiger partial charge in [-0.1, -0.05) is 86.1 Å². The molecule has 0 spiro atoms. The first kappa shape index (κ1) is 32.9. The largest absolute Gasteiger partial charge is 0.468 e. The molecular weight excluding hydrogens is 641 g/mol. The summed E-state index contributed by atoms with van der Waals surface area (Å²) in [6.45, 7) is 2.48. The van der Waals surface area contributed by atoms with Gasteiger partial charge < -0.3 is 14.1 Å². The van der Waals surface area contributed by atoms with E-state index in [0.29, 0.717) is 30.9 Å². The highest BCUT2D eigenvalue weighted by Gasteiger charge is 2.35. The lowest BCUT2D eigenvalue weighted by Crippen LogP contribution is -2.42. The Labute approximate surface area is 276 Å². The summed E-state index contributed by atoms with van der Waals surface area (Å²) in [4.78, 5) is 2.06. The lowest BCUT2D eigenvalue weighted by Gasteiger charge is -2.27. The molecule has 5 aromatic rings. The van der Waals surface area contributed by atoms with Crippen LogP contribution in [0.2, 0.25) is 0 Å². The minimum atomic E-state index is -4.22. The third kappa shape index (κ3) is 7.91. The molecule has 12 heteroatoms. The molecule has 0 saturated heterocycles. The van der Waals surface area contributed by atoms with Gasteiger partial charge in [0, 0.05) is 19.0 Å². The van der Waals surface area contributed by atoms with Crippen LogP contribution in [0, 0.1) is 5.92 Å². The van der Waals surface area contributed by atoms with Crippen molar-refractivity contribution in [1.29, 1.82) is 0 Å². The van der Waals surface area contributed by atoms with Crippen LogP contribution in [-0.2, 0) is 38.6 Å². The summed E-state index contributed by atoms with van der Waals surface area (Å²) in [6.07, 6.45) is 1.49. The molecule has 1 aromatic heterocycles. The van der Waals surface area contributed by atoms with Crippen molar-refractivity contribution >= 4 is 38.3 Å². The number of anilines is 1. The van der Waals surface area contributed by atoms with E-state index < -0.39 is 27.2 Å². The van der Waals surface area contributed by atoms with Crippen LogP contribution in [0.5, 0.6) is 5.75 Å². The van der Waals surface area contributed by atoms with E-state index in [-0.39, 0.29) is 25.3 Å². The molecule has 3 unspecified atom stereocenters. The second kappa shape index (κ2) is 14.4. The fourth-order valence-electron chi connectivity index (χ4n) is 6.13. The predicted octanol–water partition coefficient (Wildman–Crippen LogP) is 6.28. The second-order valence-corrected chi connectivity index (χ2v) is 13.8. The average molecular weight is 678 g/mol. The Morgan fingerprint density at radius 2 is 1.60 bits per heavy atom. The Bertz CT molecular complexity index is 1970. The molecular formula is C35H37N2O8S2+. The zero-order valence-electron chi connectivity index (χ0n) is 25.9. The monoisotopic (exact) mass is 677 g/mol. The molecule has 0 bridgehead atoms. The number of ether oxygens (including phenoxy) is 1. The third-order valence-electron chi connectivity index (χ3n) is 8.54. The Hall–Kier alpha value is -4.07. The van der Waals surface area contributed by atoms with Gasteiger partial charge in [-0.25, -0.2) is 0 Å². The van der Waals surface area contributed by atoms with Crippen LogP contribution >= 0.6 is 0 Å². The van der Waals surface area contributed by atoms with Crippen LogP contribution < -0.4 is 14.2 Å². The topological polar surface area (TPSA) is 130 Å². The number of aryl methyl sites for hydroxylation is 1. The molecule has 3 atom stereocenters. The van der Waals surface area contributed by atoms with Crippen molar-refractivity contribution < 1.29 is 39.6 Å². The molecule has 1 aliphatic rings. The summed E-state index contributed by atoms with van der Waals surface area (Å²) in [5.41, 5.74) is 6.31. The minimum absolute atomic E-state index is 0.0255. The Balaban J connectivity index is 1.29. The maximum absolute atomic E-state index is 11.8. The normalized spacial score (nSPS) is 15.8. The molecule has 2 N–H and O–H groups in total. The zero-order chi connectivity index (χ0) is 33.0. The van der Waals surface area contributed by atoms with Gasteiger partial charge in [0.05, 0.1) is 18.7 Å². The van der Waals surface area contributed by atoms with E-state index >= 15 is 0 Å². The quantitative estimate of drug-likeness (QED) is 0.0793. The van der Waals surface area contributed by atoms with Gasteiger partial charge in [-0.05, 0) is 46.4 Å². The maximum atomic E-state index is 11.8. The number of hydrogen-bond acceptors (Lipinski definition) is 7. The van der Waals surface area contributed by atoms with E-state index in [1.807, 2.05) is 95.6 Å². The molecule has 1 aliphatic heterocycles. The van der Waals surface area contributed by atoms with Crippen molar-refractivity contribution in [2.75, 3.05) is 23.8 Å². The van der Waals surface area contributed by atoms with E-state index in [9.17, 15) is 21.7 Å². The smallest absolute Gasteiger partial charge is 0.348 e. The number of hydrogen-bond donors (Lipinski definition) is 2. The van der Waals surface area contributed by atoms with E-state index in [1.54, 1.807) is 0 Å². The first-order valence-electron chi connectivity index (χ1n) is 15.5. The Kier molecular flexibility index (Phi) is 10.0. The van der Waals surface area contributed by atoms with Gasteiger partial charge in [-0.2, -0.15) is 17.2 Å². The SMILES string of the molecule is CCC(Cc1oc2ccc(-c3ccccc3)cc2[n+]1CCS(=O)(=O)O)CC1Oc2ccc(-c3ccccc3)cc2N1CCOS(=O)O. The van der Waals surface area contributed by atoms with Crippen molar-refractivity contribution in [3.63, 3.8) is 0 Å².